The Morgan fingerprint density at radius 3 is 2.88 bits per heavy atom. The van der Waals surface area contributed by atoms with Crippen LogP contribution < -0.4 is 5.32 Å². The molecule has 0 aliphatic carbocycles. The van der Waals surface area contributed by atoms with E-state index in [1.807, 2.05) is 0 Å². The Kier molecular flexibility index (Phi) is 4.52. The Morgan fingerprint density at radius 1 is 1.41 bits per heavy atom. The number of hydrogen-bond acceptors (Lipinski definition) is 2. The van der Waals surface area contributed by atoms with Crippen LogP contribution in [0.5, 0.6) is 0 Å². The molecule has 1 N–H and O–H groups in total. The molecule has 0 aromatic heterocycles. The molecule has 94 valence electrons. The first-order chi connectivity index (χ1) is 8.20. The van der Waals surface area contributed by atoms with E-state index in [9.17, 15) is 0 Å². The molecule has 1 aliphatic heterocycles. The summed E-state index contributed by atoms with van der Waals surface area (Å²) in [6, 6.07) is 7.43. The Labute approximate surface area is 109 Å². The van der Waals surface area contributed by atoms with E-state index in [1.54, 1.807) is 0 Å². The molecule has 2 rings (SSSR count). The molecule has 0 spiro atoms. The maximum Gasteiger partial charge on any atom is 0.0224 e. The number of rotatable bonds is 4. The smallest absolute Gasteiger partial charge is 0.0224 e. The predicted molar refractivity (Wildman–Crippen MR) is 77.9 cm³/mol. The zero-order valence-electron chi connectivity index (χ0n) is 11.1. The lowest BCUT2D eigenvalue weighted by molar-refractivity contribution is 0.523. The minimum Gasteiger partial charge on any atom is -0.316 e. The summed E-state index contributed by atoms with van der Waals surface area (Å²) in [7, 11) is 2.11. The van der Waals surface area contributed by atoms with Gasteiger partial charge in [0.1, 0.15) is 0 Å². The van der Waals surface area contributed by atoms with Gasteiger partial charge in [-0.25, -0.2) is 0 Å². The van der Waals surface area contributed by atoms with E-state index in [1.165, 1.54) is 41.7 Å². The summed E-state index contributed by atoms with van der Waals surface area (Å²) in [6.07, 6.45) is 3.93. The third kappa shape index (κ3) is 3.26. The molecule has 0 saturated carbocycles. The van der Waals surface area contributed by atoms with Crippen LogP contribution in [-0.4, -0.2) is 24.1 Å². The number of aryl methyl sites for hydroxylation is 2. The Bertz CT molecular complexity index is 369. The topological polar surface area (TPSA) is 12.0 Å². The normalized spacial score (nSPS) is 21.7. The fourth-order valence-corrected chi connectivity index (χ4v) is 4.03. The van der Waals surface area contributed by atoms with Crippen LogP contribution >= 0.6 is 11.8 Å². The molecule has 2 unspecified atom stereocenters. The van der Waals surface area contributed by atoms with Crippen LogP contribution in [0.3, 0.4) is 0 Å². The second-order valence-corrected chi connectivity index (χ2v) is 6.43. The molecule has 1 heterocycles. The standard InChI is InChI=1S/C15H23NS/c1-11-6-7-12(2)13(9-11)10-14(16-3)15-5-4-8-17-15/h6-7,9,14-16H,4-5,8,10H2,1-3H3. The monoisotopic (exact) mass is 249 g/mol. The lowest BCUT2D eigenvalue weighted by Gasteiger charge is -2.23. The highest BCUT2D eigenvalue weighted by Crippen LogP contribution is 2.30. The Morgan fingerprint density at radius 2 is 2.24 bits per heavy atom. The number of likely N-dealkylation sites (N-methyl/N-ethyl adjacent to an activating group) is 1. The molecule has 1 aromatic rings. The minimum atomic E-state index is 0.628. The van der Waals surface area contributed by atoms with E-state index in [4.69, 9.17) is 0 Å². The molecule has 2 heteroatoms. The van der Waals surface area contributed by atoms with Gasteiger partial charge in [0.15, 0.2) is 0 Å². The quantitative estimate of drug-likeness (QED) is 0.878. The Hall–Kier alpha value is -0.470. The minimum absolute atomic E-state index is 0.628. The third-order valence-corrected chi connectivity index (χ3v) is 5.25. The third-order valence-electron chi connectivity index (χ3n) is 3.73. The van der Waals surface area contributed by atoms with Crippen molar-refractivity contribution in [2.75, 3.05) is 12.8 Å². The van der Waals surface area contributed by atoms with E-state index in [-0.39, 0.29) is 0 Å². The molecular weight excluding hydrogens is 226 g/mol. The number of hydrogen-bond donors (Lipinski definition) is 1. The summed E-state index contributed by atoms with van der Waals surface area (Å²) < 4.78 is 0. The summed E-state index contributed by atoms with van der Waals surface area (Å²) >= 11 is 2.14. The lowest BCUT2D eigenvalue weighted by Crippen LogP contribution is -2.36. The van der Waals surface area contributed by atoms with Gasteiger partial charge in [-0.3, -0.25) is 0 Å². The van der Waals surface area contributed by atoms with Gasteiger partial charge in [0.2, 0.25) is 0 Å². The molecule has 1 nitrogen and oxygen atoms in total. The molecular formula is C15H23NS. The molecule has 0 amide bonds. The number of nitrogens with one attached hydrogen (secondary N) is 1. The van der Waals surface area contributed by atoms with Crippen LogP contribution in [0.2, 0.25) is 0 Å². The molecule has 1 aliphatic rings. The lowest BCUT2D eigenvalue weighted by atomic mass is 9.96. The molecule has 1 aromatic carbocycles. The molecule has 0 bridgehead atoms. The van der Waals surface area contributed by atoms with Crippen LogP contribution in [-0.2, 0) is 6.42 Å². The first kappa shape index (κ1) is 13.0. The van der Waals surface area contributed by atoms with Gasteiger partial charge in [-0.05, 0) is 57.0 Å². The summed E-state index contributed by atoms with van der Waals surface area (Å²) in [6.45, 7) is 4.41. The van der Waals surface area contributed by atoms with Gasteiger partial charge in [-0.15, -0.1) is 0 Å². The van der Waals surface area contributed by atoms with E-state index in [2.05, 4.69) is 56.2 Å². The van der Waals surface area contributed by atoms with Crippen molar-refractivity contribution in [1.29, 1.82) is 0 Å². The van der Waals surface area contributed by atoms with Gasteiger partial charge in [0.05, 0.1) is 0 Å². The van der Waals surface area contributed by atoms with Crippen LogP contribution in [0.1, 0.15) is 29.5 Å². The average Bonchev–Trinajstić information content (AvgIpc) is 2.84. The van der Waals surface area contributed by atoms with Gasteiger partial charge in [0.25, 0.3) is 0 Å². The summed E-state index contributed by atoms with van der Waals surface area (Å²) in [4.78, 5) is 0. The molecule has 2 atom stereocenters. The second kappa shape index (κ2) is 5.92. The van der Waals surface area contributed by atoms with Crippen LogP contribution in [0.25, 0.3) is 0 Å². The summed E-state index contributed by atoms with van der Waals surface area (Å²) in [5.41, 5.74) is 4.32. The molecule has 17 heavy (non-hydrogen) atoms. The van der Waals surface area contributed by atoms with E-state index >= 15 is 0 Å². The second-order valence-electron chi connectivity index (χ2n) is 5.08. The predicted octanol–water partition coefficient (Wildman–Crippen LogP) is 3.33. The highest BCUT2D eigenvalue weighted by Gasteiger charge is 2.24. The summed E-state index contributed by atoms with van der Waals surface area (Å²) in [5, 5.41) is 4.32. The first-order valence-corrected chi connectivity index (χ1v) is 7.60. The van der Waals surface area contributed by atoms with Gasteiger partial charge < -0.3 is 5.32 Å². The number of thioether (sulfide) groups is 1. The van der Waals surface area contributed by atoms with Crippen LogP contribution in [0.4, 0.5) is 0 Å². The Balaban J connectivity index is 2.09. The van der Waals surface area contributed by atoms with Crippen LogP contribution in [0.15, 0.2) is 18.2 Å². The van der Waals surface area contributed by atoms with Gasteiger partial charge >= 0.3 is 0 Å². The van der Waals surface area contributed by atoms with E-state index < -0.39 is 0 Å². The largest absolute Gasteiger partial charge is 0.316 e. The van der Waals surface area contributed by atoms with Crippen molar-refractivity contribution in [2.24, 2.45) is 0 Å². The van der Waals surface area contributed by atoms with Crippen molar-refractivity contribution >= 4 is 11.8 Å². The van der Waals surface area contributed by atoms with E-state index in [0.29, 0.717) is 6.04 Å². The number of benzene rings is 1. The molecule has 1 fully saturated rings. The SMILES string of the molecule is CNC(Cc1cc(C)ccc1C)C1CCCS1. The van der Waals surface area contributed by atoms with Gasteiger partial charge in [0, 0.05) is 11.3 Å². The van der Waals surface area contributed by atoms with Crippen LogP contribution in [0, 0.1) is 13.8 Å². The van der Waals surface area contributed by atoms with Crippen molar-refractivity contribution in [3.05, 3.63) is 34.9 Å². The fourth-order valence-electron chi connectivity index (χ4n) is 2.60. The highest BCUT2D eigenvalue weighted by atomic mass is 32.2. The van der Waals surface area contributed by atoms with Gasteiger partial charge in [-0.2, -0.15) is 11.8 Å². The maximum atomic E-state index is 3.52. The van der Waals surface area contributed by atoms with Crippen molar-refractivity contribution in [1.82, 2.24) is 5.32 Å². The van der Waals surface area contributed by atoms with Gasteiger partial charge in [-0.1, -0.05) is 23.8 Å². The zero-order chi connectivity index (χ0) is 12.3. The zero-order valence-corrected chi connectivity index (χ0v) is 11.9. The highest BCUT2D eigenvalue weighted by molar-refractivity contribution is 8.00. The fraction of sp³-hybridized carbons (Fsp3) is 0.600. The van der Waals surface area contributed by atoms with Crippen molar-refractivity contribution < 1.29 is 0 Å². The van der Waals surface area contributed by atoms with Crippen molar-refractivity contribution in [2.45, 2.75) is 44.4 Å². The summed E-state index contributed by atoms with van der Waals surface area (Å²) in [5.74, 6) is 1.34. The van der Waals surface area contributed by atoms with Crippen molar-refractivity contribution in [3.63, 3.8) is 0 Å². The first-order valence-electron chi connectivity index (χ1n) is 6.55. The maximum absolute atomic E-state index is 3.52. The average molecular weight is 249 g/mol. The van der Waals surface area contributed by atoms with Crippen molar-refractivity contribution in [3.8, 4) is 0 Å². The van der Waals surface area contributed by atoms with E-state index in [0.717, 1.165) is 5.25 Å². The molecule has 0 radical (unpaired) electrons. The molecule has 1 saturated heterocycles.